The molecule has 0 saturated heterocycles. The molecule has 0 atom stereocenters. The molecule has 3 heteroatoms. The Morgan fingerprint density at radius 3 is 2.50 bits per heavy atom. The van der Waals surface area contributed by atoms with Crippen molar-refractivity contribution in [3.8, 4) is 0 Å². The standard InChI is InChI=1S/C5H9FN2/c1-4-5(6)7-3-8(4)2/h7H,3H2,1-2H3. The van der Waals surface area contributed by atoms with Gasteiger partial charge in [0.25, 0.3) is 0 Å². The summed E-state index contributed by atoms with van der Waals surface area (Å²) in [6, 6.07) is 0. The van der Waals surface area contributed by atoms with Gasteiger partial charge in [0.2, 0.25) is 5.95 Å². The molecule has 1 aliphatic heterocycles. The maximum atomic E-state index is 12.3. The van der Waals surface area contributed by atoms with Crippen LogP contribution in [0.5, 0.6) is 0 Å². The molecule has 0 radical (unpaired) electrons. The first-order valence-electron chi connectivity index (χ1n) is 2.53. The average Bonchev–Trinajstić information content (AvgIpc) is 1.98. The van der Waals surface area contributed by atoms with Crippen molar-refractivity contribution in [1.29, 1.82) is 0 Å². The lowest BCUT2D eigenvalue weighted by Crippen LogP contribution is -2.17. The topological polar surface area (TPSA) is 15.3 Å². The second kappa shape index (κ2) is 1.65. The molecule has 1 heterocycles. The van der Waals surface area contributed by atoms with Crippen LogP contribution in [0.25, 0.3) is 0 Å². The van der Waals surface area contributed by atoms with E-state index in [0.29, 0.717) is 12.4 Å². The number of nitrogens with zero attached hydrogens (tertiary/aromatic N) is 1. The lowest BCUT2D eigenvalue weighted by atomic mass is 10.5. The Morgan fingerprint density at radius 2 is 2.38 bits per heavy atom. The molecule has 0 aromatic rings. The fourth-order valence-corrected chi connectivity index (χ4v) is 0.602. The average molecular weight is 116 g/mol. The zero-order valence-electron chi connectivity index (χ0n) is 5.03. The van der Waals surface area contributed by atoms with Gasteiger partial charge in [-0.3, -0.25) is 0 Å². The molecule has 46 valence electrons. The monoisotopic (exact) mass is 116 g/mol. The van der Waals surface area contributed by atoms with Crippen molar-refractivity contribution in [2.75, 3.05) is 13.7 Å². The molecular formula is C5H9FN2. The molecule has 1 aliphatic rings. The highest BCUT2D eigenvalue weighted by atomic mass is 19.1. The van der Waals surface area contributed by atoms with Gasteiger partial charge < -0.3 is 10.2 Å². The lowest BCUT2D eigenvalue weighted by Gasteiger charge is -2.08. The third kappa shape index (κ3) is 0.638. The predicted molar refractivity (Wildman–Crippen MR) is 29.6 cm³/mol. The summed E-state index contributed by atoms with van der Waals surface area (Å²) in [6.45, 7) is 2.34. The van der Waals surface area contributed by atoms with E-state index in [9.17, 15) is 4.39 Å². The van der Waals surface area contributed by atoms with Gasteiger partial charge in [-0.25, -0.2) is 0 Å². The minimum atomic E-state index is -0.201. The number of hydrogen-bond donors (Lipinski definition) is 1. The van der Waals surface area contributed by atoms with Crippen LogP contribution in [0, 0.1) is 0 Å². The maximum absolute atomic E-state index is 12.3. The smallest absolute Gasteiger partial charge is 0.207 e. The van der Waals surface area contributed by atoms with Crippen molar-refractivity contribution in [1.82, 2.24) is 10.2 Å². The van der Waals surface area contributed by atoms with Crippen LogP contribution in [0.3, 0.4) is 0 Å². The van der Waals surface area contributed by atoms with Crippen molar-refractivity contribution in [2.45, 2.75) is 6.92 Å². The summed E-state index contributed by atoms with van der Waals surface area (Å²) in [7, 11) is 1.84. The van der Waals surface area contributed by atoms with Gasteiger partial charge in [0.15, 0.2) is 0 Å². The summed E-state index contributed by atoms with van der Waals surface area (Å²) in [5, 5.41) is 2.56. The Hall–Kier alpha value is -0.730. The molecule has 0 saturated carbocycles. The fourth-order valence-electron chi connectivity index (χ4n) is 0.602. The van der Waals surface area contributed by atoms with Crippen molar-refractivity contribution in [3.63, 3.8) is 0 Å². The number of nitrogens with one attached hydrogen (secondary N) is 1. The molecule has 0 amide bonds. The first-order chi connectivity index (χ1) is 3.72. The lowest BCUT2D eigenvalue weighted by molar-refractivity contribution is 0.440. The van der Waals surface area contributed by atoms with E-state index in [1.165, 1.54) is 0 Å². The van der Waals surface area contributed by atoms with Crippen LogP contribution in [0.4, 0.5) is 4.39 Å². The normalized spacial score (nSPS) is 19.6. The third-order valence-corrected chi connectivity index (χ3v) is 1.36. The van der Waals surface area contributed by atoms with Crippen LogP contribution >= 0.6 is 0 Å². The van der Waals surface area contributed by atoms with E-state index >= 15 is 0 Å². The third-order valence-electron chi connectivity index (χ3n) is 1.36. The van der Waals surface area contributed by atoms with Gasteiger partial charge in [0.1, 0.15) is 0 Å². The molecular weight excluding hydrogens is 107 g/mol. The predicted octanol–water partition coefficient (Wildman–Crippen LogP) is 0.637. The van der Waals surface area contributed by atoms with Crippen LogP contribution < -0.4 is 5.32 Å². The molecule has 0 bridgehead atoms. The maximum Gasteiger partial charge on any atom is 0.207 e. The first-order valence-corrected chi connectivity index (χ1v) is 2.53. The highest BCUT2D eigenvalue weighted by molar-refractivity contribution is 5.06. The number of halogens is 1. The molecule has 2 nitrogen and oxygen atoms in total. The van der Waals surface area contributed by atoms with E-state index in [-0.39, 0.29) is 5.95 Å². The summed E-state index contributed by atoms with van der Waals surface area (Å²) in [5.74, 6) is -0.201. The van der Waals surface area contributed by atoms with Gasteiger partial charge in [-0.05, 0) is 6.92 Å². The summed E-state index contributed by atoms with van der Waals surface area (Å²) >= 11 is 0. The zero-order chi connectivity index (χ0) is 6.15. The highest BCUT2D eigenvalue weighted by Crippen LogP contribution is 2.11. The van der Waals surface area contributed by atoms with Crippen LogP contribution in [0.1, 0.15) is 6.92 Å². The van der Waals surface area contributed by atoms with E-state index in [1.54, 1.807) is 6.92 Å². The molecule has 0 spiro atoms. The number of rotatable bonds is 0. The summed E-state index contributed by atoms with van der Waals surface area (Å²) in [5.41, 5.74) is 0.685. The molecule has 0 aromatic heterocycles. The zero-order valence-corrected chi connectivity index (χ0v) is 5.03. The second-order valence-electron chi connectivity index (χ2n) is 1.93. The molecule has 8 heavy (non-hydrogen) atoms. The Morgan fingerprint density at radius 1 is 1.75 bits per heavy atom. The highest BCUT2D eigenvalue weighted by Gasteiger charge is 2.12. The SMILES string of the molecule is CC1=C(F)NCN1C. The Labute approximate surface area is 48.0 Å². The van der Waals surface area contributed by atoms with Crippen LogP contribution in [-0.4, -0.2) is 18.6 Å². The van der Waals surface area contributed by atoms with Crippen molar-refractivity contribution in [2.24, 2.45) is 0 Å². The number of allylic oxidation sites excluding steroid dienone is 1. The first kappa shape index (κ1) is 5.41. The van der Waals surface area contributed by atoms with Gasteiger partial charge in [-0.1, -0.05) is 0 Å². The second-order valence-corrected chi connectivity index (χ2v) is 1.93. The van der Waals surface area contributed by atoms with Gasteiger partial charge >= 0.3 is 0 Å². The van der Waals surface area contributed by atoms with Gasteiger partial charge in [-0.2, -0.15) is 4.39 Å². The largest absolute Gasteiger partial charge is 0.357 e. The molecule has 0 aliphatic carbocycles. The van der Waals surface area contributed by atoms with Gasteiger partial charge in [0.05, 0.1) is 12.4 Å². The van der Waals surface area contributed by atoms with Crippen molar-refractivity contribution < 1.29 is 4.39 Å². The summed E-state index contributed by atoms with van der Waals surface area (Å²) in [4.78, 5) is 1.81. The summed E-state index contributed by atoms with van der Waals surface area (Å²) in [6.07, 6.45) is 0. The van der Waals surface area contributed by atoms with Crippen molar-refractivity contribution >= 4 is 0 Å². The Balaban J connectivity index is 2.71. The number of hydrogen-bond acceptors (Lipinski definition) is 2. The molecule has 0 aromatic carbocycles. The van der Waals surface area contributed by atoms with E-state index < -0.39 is 0 Å². The van der Waals surface area contributed by atoms with Gasteiger partial charge in [0, 0.05) is 7.05 Å². The Bertz CT molecular complexity index is 130. The van der Waals surface area contributed by atoms with Crippen molar-refractivity contribution in [3.05, 3.63) is 11.6 Å². The quantitative estimate of drug-likeness (QED) is 0.467. The minimum absolute atomic E-state index is 0.201. The van der Waals surface area contributed by atoms with Gasteiger partial charge in [-0.15, -0.1) is 0 Å². The van der Waals surface area contributed by atoms with Crippen LogP contribution in [0.15, 0.2) is 11.6 Å². The van der Waals surface area contributed by atoms with E-state index in [1.807, 2.05) is 11.9 Å². The van der Waals surface area contributed by atoms with Crippen LogP contribution in [0.2, 0.25) is 0 Å². The summed E-state index contributed by atoms with van der Waals surface area (Å²) < 4.78 is 12.3. The van der Waals surface area contributed by atoms with E-state index in [4.69, 9.17) is 0 Å². The fraction of sp³-hybridized carbons (Fsp3) is 0.600. The Kier molecular flexibility index (Phi) is 1.12. The molecule has 1 rings (SSSR count). The molecule has 0 unspecified atom stereocenters. The molecule has 1 N–H and O–H groups in total. The van der Waals surface area contributed by atoms with E-state index in [0.717, 1.165) is 0 Å². The van der Waals surface area contributed by atoms with Crippen LogP contribution in [-0.2, 0) is 0 Å². The minimum Gasteiger partial charge on any atom is -0.357 e. The molecule has 0 fully saturated rings. The van der Waals surface area contributed by atoms with E-state index in [2.05, 4.69) is 5.32 Å².